The second kappa shape index (κ2) is 19.5. The number of hydrogen-bond donors (Lipinski definition) is 0. The maximum absolute atomic E-state index is 6.85. The third-order valence-electron chi connectivity index (χ3n) is 20.2. The van der Waals surface area contributed by atoms with Crippen molar-refractivity contribution in [3.63, 3.8) is 0 Å². The van der Waals surface area contributed by atoms with Gasteiger partial charge >= 0.3 is 0 Å². The van der Waals surface area contributed by atoms with Crippen LogP contribution < -0.4 is 0 Å². The van der Waals surface area contributed by atoms with Gasteiger partial charge in [-0.3, -0.25) is 0 Å². The summed E-state index contributed by atoms with van der Waals surface area (Å²) in [6.45, 7) is 0. The van der Waals surface area contributed by atoms with Gasteiger partial charge in [-0.2, -0.15) is 0 Å². The molecule has 21 aromatic rings. The molecule has 0 amide bonds. The molecule has 0 aliphatic rings. The van der Waals surface area contributed by atoms with E-state index in [9.17, 15) is 0 Å². The molecule has 4 aromatic heterocycles. The van der Waals surface area contributed by atoms with Gasteiger partial charge in [-0.15, -0.1) is 0 Å². The molecule has 0 atom stereocenters. The van der Waals surface area contributed by atoms with Crippen LogP contribution in [0.3, 0.4) is 0 Å². The summed E-state index contributed by atoms with van der Waals surface area (Å²) in [6.07, 6.45) is 0. The Hall–Kier alpha value is -12.5. The highest BCUT2D eigenvalue weighted by Crippen LogP contribution is 2.51. The fourth-order valence-electron chi connectivity index (χ4n) is 15.9. The van der Waals surface area contributed by atoms with Crippen molar-refractivity contribution in [3.8, 4) is 66.8 Å². The Morgan fingerprint density at radius 2 is 0.521 bits per heavy atom. The maximum atomic E-state index is 6.85. The van der Waals surface area contributed by atoms with E-state index in [1.165, 1.54) is 70.7 Å². The molecule has 0 N–H and O–H groups in total. The Balaban J connectivity index is 0.753. The number of rotatable bonds is 6. The summed E-state index contributed by atoms with van der Waals surface area (Å²) in [7, 11) is 0. The highest BCUT2D eigenvalue weighted by atomic mass is 16.3. The average Bonchev–Trinajstić information content (AvgIpc) is 1.06. The molecule has 0 fully saturated rings. The Morgan fingerprint density at radius 1 is 0.149 bits per heavy atom. The predicted octanol–water partition coefficient (Wildman–Crippen LogP) is 26.2. The van der Waals surface area contributed by atoms with E-state index in [2.05, 4.69) is 285 Å². The number of hydrogen-bond acceptors (Lipinski definition) is 4. The number of para-hydroxylation sites is 3. The van der Waals surface area contributed by atoms with Gasteiger partial charge in [0.25, 0.3) is 0 Å². The fraction of sp³-hybridized carbons (Fsp3) is 0. The van der Waals surface area contributed by atoms with Crippen LogP contribution in [0, 0.1) is 0 Å². The molecule has 4 heteroatoms. The van der Waals surface area contributed by atoms with Gasteiger partial charge in [0, 0.05) is 54.2 Å². The summed E-state index contributed by atoms with van der Waals surface area (Å²) in [4.78, 5) is 0. The molecule has 0 aliphatic heterocycles. The quantitative estimate of drug-likeness (QED) is 0.156. The van der Waals surface area contributed by atoms with E-state index in [-0.39, 0.29) is 0 Å². The molecular formula is C90H50O4. The number of fused-ring (bicyclic) bond motifs is 18. The summed E-state index contributed by atoms with van der Waals surface area (Å²) in [5.41, 5.74) is 20.8. The van der Waals surface area contributed by atoms with E-state index in [4.69, 9.17) is 17.7 Å². The van der Waals surface area contributed by atoms with Gasteiger partial charge in [-0.1, -0.05) is 224 Å². The minimum atomic E-state index is 0.850. The molecule has 434 valence electrons. The zero-order valence-corrected chi connectivity index (χ0v) is 50.5. The molecule has 94 heavy (non-hydrogen) atoms. The second-order valence-electron chi connectivity index (χ2n) is 25.3. The minimum absolute atomic E-state index is 0.850. The lowest BCUT2D eigenvalue weighted by molar-refractivity contribution is 0.668. The van der Waals surface area contributed by atoms with E-state index in [1.807, 2.05) is 18.2 Å². The van der Waals surface area contributed by atoms with Crippen LogP contribution in [0.5, 0.6) is 0 Å². The lowest BCUT2D eigenvalue weighted by atomic mass is 9.84. The predicted molar refractivity (Wildman–Crippen MR) is 393 cm³/mol. The standard InChI is InChI=1S/C90H50O4/c1-2-16-54-48-84-76(43-53(54)15-1)74-47-59(38-42-82(74)92-84)88-64-21-4-3-20-63(64)86(52-33-31-51(32-34-52)55-36-40-81-73(44-55)62-19-10-11-29-79(62)91-81)69-39-35-57(45-78(69)88)60-26-13-17-56-49-85-77(50-72(56)60)75-46-58(37-41-83(75)93-85)87-65-22-5-7-24-67(65)89(68-25-8-6-23-66(68)87)71-28-14-27-70-61-18-9-12-30-80(61)94-90(70)71/h1-50H. The molecule has 0 unspecified atom stereocenters. The van der Waals surface area contributed by atoms with E-state index in [0.717, 1.165) is 148 Å². The highest BCUT2D eigenvalue weighted by Gasteiger charge is 2.24. The zero-order valence-electron chi connectivity index (χ0n) is 50.5. The van der Waals surface area contributed by atoms with Crippen molar-refractivity contribution < 1.29 is 17.7 Å². The van der Waals surface area contributed by atoms with Gasteiger partial charge < -0.3 is 17.7 Å². The van der Waals surface area contributed by atoms with Crippen molar-refractivity contribution in [2.75, 3.05) is 0 Å². The molecule has 0 radical (unpaired) electrons. The van der Waals surface area contributed by atoms with Crippen LogP contribution in [0.4, 0.5) is 0 Å². The van der Waals surface area contributed by atoms with Gasteiger partial charge in [0.2, 0.25) is 0 Å². The molecule has 0 aliphatic carbocycles. The van der Waals surface area contributed by atoms with E-state index in [0.29, 0.717) is 0 Å². The zero-order chi connectivity index (χ0) is 61.3. The smallest absolute Gasteiger partial charge is 0.143 e. The molecule has 0 bridgehead atoms. The summed E-state index contributed by atoms with van der Waals surface area (Å²) in [5, 5.41) is 22.9. The molecule has 0 saturated carbocycles. The fourth-order valence-corrected chi connectivity index (χ4v) is 15.9. The lowest BCUT2D eigenvalue weighted by Crippen LogP contribution is -1.92. The van der Waals surface area contributed by atoms with Crippen molar-refractivity contribution >= 4 is 152 Å². The molecule has 17 aromatic carbocycles. The summed E-state index contributed by atoms with van der Waals surface area (Å²) >= 11 is 0. The minimum Gasteiger partial charge on any atom is -0.456 e. The van der Waals surface area contributed by atoms with Gasteiger partial charge in [-0.25, -0.2) is 0 Å². The summed E-state index contributed by atoms with van der Waals surface area (Å²) in [5.74, 6) is 0. The van der Waals surface area contributed by atoms with Crippen LogP contribution in [0.15, 0.2) is 321 Å². The number of benzene rings is 17. The third-order valence-corrected chi connectivity index (χ3v) is 20.2. The van der Waals surface area contributed by atoms with Crippen molar-refractivity contribution in [3.05, 3.63) is 303 Å². The average molecular weight is 1200 g/mol. The van der Waals surface area contributed by atoms with E-state index < -0.39 is 0 Å². The first kappa shape index (κ1) is 51.3. The van der Waals surface area contributed by atoms with Crippen LogP contribution >= 0.6 is 0 Å². The third kappa shape index (κ3) is 7.50. The van der Waals surface area contributed by atoms with Crippen molar-refractivity contribution in [2.24, 2.45) is 0 Å². The summed E-state index contributed by atoms with van der Waals surface area (Å²) in [6, 6.07) is 111. The van der Waals surface area contributed by atoms with Crippen molar-refractivity contribution in [1.29, 1.82) is 0 Å². The molecule has 0 spiro atoms. The normalized spacial score (nSPS) is 12.3. The molecule has 0 saturated heterocycles. The van der Waals surface area contributed by atoms with Crippen LogP contribution in [0.25, 0.3) is 219 Å². The van der Waals surface area contributed by atoms with Crippen LogP contribution in [-0.2, 0) is 0 Å². The van der Waals surface area contributed by atoms with Gasteiger partial charge in [0.05, 0.1) is 0 Å². The Labute approximate surface area is 536 Å². The molecular weight excluding hydrogens is 1140 g/mol. The highest BCUT2D eigenvalue weighted by molar-refractivity contribution is 6.27. The largest absolute Gasteiger partial charge is 0.456 e. The van der Waals surface area contributed by atoms with Crippen LogP contribution in [0.1, 0.15) is 0 Å². The monoisotopic (exact) mass is 1190 g/mol. The Kier molecular flexibility index (Phi) is 10.6. The maximum Gasteiger partial charge on any atom is 0.143 e. The first-order valence-corrected chi connectivity index (χ1v) is 32.2. The van der Waals surface area contributed by atoms with Gasteiger partial charge in [0.15, 0.2) is 0 Å². The van der Waals surface area contributed by atoms with Gasteiger partial charge in [-0.05, 0) is 199 Å². The Bertz CT molecular complexity index is 6790. The van der Waals surface area contributed by atoms with E-state index >= 15 is 0 Å². The SMILES string of the molecule is c1ccc2cc3c(cc2c1)oc1ccc(-c2c4ccccc4c(-c4ccc(-c5ccc6oc7ccccc7c6c5)cc4)c4ccc(-c5cccc6cc7oc8ccc(-c9c%10ccccc%10c(-c%10cccc%11c%10oc%10ccccc%10%11)c%10ccccc9%10)cc8c7cc56)cc24)cc13. The van der Waals surface area contributed by atoms with Crippen molar-refractivity contribution in [2.45, 2.75) is 0 Å². The molecule has 21 rings (SSSR count). The molecule has 4 nitrogen and oxygen atoms in total. The molecule has 4 heterocycles. The van der Waals surface area contributed by atoms with Crippen LogP contribution in [0.2, 0.25) is 0 Å². The van der Waals surface area contributed by atoms with Crippen molar-refractivity contribution in [1.82, 2.24) is 0 Å². The topological polar surface area (TPSA) is 52.6 Å². The van der Waals surface area contributed by atoms with E-state index in [1.54, 1.807) is 0 Å². The first-order chi connectivity index (χ1) is 46.6. The van der Waals surface area contributed by atoms with Crippen LogP contribution in [-0.4, -0.2) is 0 Å². The van der Waals surface area contributed by atoms with Gasteiger partial charge in [0.1, 0.15) is 44.7 Å². The first-order valence-electron chi connectivity index (χ1n) is 32.2. The Morgan fingerprint density at radius 3 is 1.17 bits per heavy atom. The lowest BCUT2D eigenvalue weighted by Gasteiger charge is -2.19. The number of furan rings is 4. The second-order valence-corrected chi connectivity index (χ2v) is 25.3. The summed E-state index contributed by atoms with van der Waals surface area (Å²) < 4.78 is 26.4.